The molecular formula is C23H27N2O+. The molecule has 0 aliphatic rings. The van der Waals surface area contributed by atoms with Crippen LogP contribution < -0.4 is 4.57 Å². The lowest BCUT2D eigenvalue weighted by molar-refractivity contribution is -0.683. The monoisotopic (exact) mass is 347 g/mol. The zero-order valence-electron chi connectivity index (χ0n) is 16.3. The lowest BCUT2D eigenvalue weighted by Crippen LogP contribution is -2.37. The first-order chi connectivity index (χ1) is 12.4. The summed E-state index contributed by atoms with van der Waals surface area (Å²) in [5, 5.41) is 0. The number of nitrogens with zero attached hydrogens (tertiary/aromatic N) is 2. The summed E-state index contributed by atoms with van der Waals surface area (Å²) < 4.78 is 4.12. The van der Waals surface area contributed by atoms with E-state index in [1.54, 1.807) is 0 Å². The Labute approximate surface area is 155 Å². The Balaban J connectivity index is 1.91. The van der Waals surface area contributed by atoms with Gasteiger partial charge in [0, 0.05) is 34.8 Å². The summed E-state index contributed by atoms with van der Waals surface area (Å²) in [5.74, 6) is 0.141. The van der Waals surface area contributed by atoms with E-state index >= 15 is 0 Å². The van der Waals surface area contributed by atoms with Crippen LogP contribution >= 0.6 is 0 Å². The average molecular weight is 347 g/mol. The van der Waals surface area contributed by atoms with Crippen molar-refractivity contribution in [3.8, 4) is 5.69 Å². The maximum absolute atomic E-state index is 12.9. The highest BCUT2D eigenvalue weighted by molar-refractivity contribution is 5.96. The number of ketones is 1. The zero-order valence-corrected chi connectivity index (χ0v) is 16.3. The van der Waals surface area contributed by atoms with E-state index in [-0.39, 0.29) is 5.78 Å². The number of carbonyl (C=O) groups excluding carboxylic acids is 1. The first kappa shape index (κ1) is 18.1. The third-order valence-electron chi connectivity index (χ3n) is 5.17. The van der Waals surface area contributed by atoms with Crippen molar-refractivity contribution >= 4 is 5.78 Å². The molecule has 0 unspecified atom stereocenters. The standard InChI is InChI=1S/C23H27N2O/c1-6-20-9-11-24(12-10-20)15-23(26)22-14-18(4)25(19(22)5)21-8-7-16(2)17(3)13-21/h7-14H,6,15H2,1-5H3/q+1. The fourth-order valence-electron chi connectivity index (χ4n) is 3.39. The average Bonchev–Trinajstić information content (AvgIpc) is 2.93. The van der Waals surface area contributed by atoms with Crippen LogP contribution in [-0.4, -0.2) is 10.4 Å². The molecule has 1 aromatic carbocycles. The molecule has 0 saturated heterocycles. The highest BCUT2D eigenvalue weighted by Gasteiger charge is 2.20. The van der Waals surface area contributed by atoms with Gasteiger partial charge in [0.2, 0.25) is 12.3 Å². The number of carbonyl (C=O) groups is 1. The van der Waals surface area contributed by atoms with Gasteiger partial charge in [0.15, 0.2) is 12.4 Å². The maximum atomic E-state index is 12.9. The van der Waals surface area contributed by atoms with Crippen molar-refractivity contribution in [3.05, 3.63) is 82.4 Å². The zero-order chi connectivity index (χ0) is 18.8. The molecule has 0 amide bonds. The van der Waals surface area contributed by atoms with Crippen molar-refractivity contribution in [1.29, 1.82) is 0 Å². The van der Waals surface area contributed by atoms with Crippen LogP contribution in [0.2, 0.25) is 0 Å². The largest absolute Gasteiger partial charge is 0.318 e. The van der Waals surface area contributed by atoms with Gasteiger partial charge in [0.25, 0.3) is 0 Å². The van der Waals surface area contributed by atoms with Gasteiger partial charge in [-0.15, -0.1) is 0 Å². The summed E-state index contributed by atoms with van der Waals surface area (Å²) in [6, 6.07) is 12.6. The number of pyridine rings is 1. The molecule has 26 heavy (non-hydrogen) atoms. The molecule has 0 saturated carbocycles. The Kier molecular flexibility index (Phi) is 5.08. The molecule has 0 spiro atoms. The van der Waals surface area contributed by atoms with Crippen molar-refractivity contribution in [2.75, 3.05) is 0 Å². The Morgan fingerprint density at radius 3 is 2.27 bits per heavy atom. The van der Waals surface area contributed by atoms with Gasteiger partial charge in [-0.2, -0.15) is 4.57 Å². The molecule has 0 aliphatic heterocycles. The van der Waals surface area contributed by atoms with Crippen molar-refractivity contribution < 1.29 is 9.36 Å². The van der Waals surface area contributed by atoms with Gasteiger partial charge >= 0.3 is 0 Å². The molecule has 2 aromatic heterocycles. The number of Topliss-reactive ketones (excluding diaryl/α,β-unsaturated/α-hetero) is 1. The lowest BCUT2D eigenvalue weighted by Gasteiger charge is -2.12. The van der Waals surface area contributed by atoms with Crippen molar-refractivity contribution in [2.24, 2.45) is 0 Å². The normalized spacial score (nSPS) is 11.0. The smallest absolute Gasteiger partial charge is 0.229 e. The van der Waals surface area contributed by atoms with Gasteiger partial charge < -0.3 is 4.57 Å². The summed E-state index contributed by atoms with van der Waals surface area (Å²) in [6.45, 7) is 10.8. The lowest BCUT2D eigenvalue weighted by atomic mass is 10.1. The van der Waals surface area contributed by atoms with Crippen molar-refractivity contribution in [1.82, 2.24) is 4.57 Å². The second-order valence-corrected chi connectivity index (χ2v) is 7.04. The Bertz CT molecular complexity index is 949. The molecule has 3 nitrogen and oxygen atoms in total. The van der Waals surface area contributed by atoms with Gasteiger partial charge in [-0.05, 0) is 69.0 Å². The highest BCUT2D eigenvalue weighted by Crippen LogP contribution is 2.23. The summed E-state index contributed by atoms with van der Waals surface area (Å²) in [6.07, 6.45) is 4.98. The minimum absolute atomic E-state index is 0.141. The Morgan fingerprint density at radius 1 is 0.962 bits per heavy atom. The molecule has 0 aliphatic carbocycles. The summed E-state index contributed by atoms with van der Waals surface area (Å²) in [4.78, 5) is 12.9. The van der Waals surface area contributed by atoms with Crippen molar-refractivity contribution in [3.63, 3.8) is 0 Å². The van der Waals surface area contributed by atoms with E-state index in [4.69, 9.17) is 0 Å². The molecule has 0 radical (unpaired) electrons. The van der Waals surface area contributed by atoms with Crippen LogP contribution in [0.4, 0.5) is 0 Å². The van der Waals surface area contributed by atoms with Crippen LogP contribution in [0.25, 0.3) is 5.69 Å². The summed E-state index contributed by atoms with van der Waals surface area (Å²) in [7, 11) is 0. The van der Waals surface area contributed by atoms with Gasteiger partial charge in [0.05, 0.1) is 0 Å². The first-order valence-corrected chi connectivity index (χ1v) is 9.18. The number of aromatic nitrogens is 2. The second kappa shape index (κ2) is 7.28. The van der Waals surface area contributed by atoms with Gasteiger partial charge in [-0.1, -0.05) is 13.0 Å². The van der Waals surface area contributed by atoms with Crippen LogP contribution in [0.1, 0.15) is 45.4 Å². The number of rotatable bonds is 5. The van der Waals surface area contributed by atoms with Crippen LogP contribution in [0.15, 0.2) is 48.8 Å². The fourth-order valence-corrected chi connectivity index (χ4v) is 3.39. The predicted molar refractivity (Wildman–Crippen MR) is 105 cm³/mol. The summed E-state index contributed by atoms with van der Waals surface area (Å²) in [5.41, 5.74) is 7.81. The van der Waals surface area contributed by atoms with E-state index in [1.165, 1.54) is 16.7 Å². The van der Waals surface area contributed by atoms with Gasteiger partial charge in [0.1, 0.15) is 0 Å². The molecule has 3 aromatic rings. The number of hydrogen-bond donors (Lipinski definition) is 0. The minimum Gasteiger partial charge on any atom is -0.318 e. The van der Waals surface area contributed by atoms with Crippen LogP contribution in [0.3, 0.4) is 0 Å². The predicted octanol–water partition coefficient (Wildman–Crippen LogP) is 4.44. The van der Waals surface area contributed by atoms with Crippen LogP contribution in [0, 0.1) is 27.7 Å². The number of benzene rings is 1. The van der Waals surface area contributed by atoms with E-state index in [0.717, 1.165) is 29.1 Å². The van der Waals surface area contributed by atoms with Crippen LogP contribution in [-0.2, 0) is 13.0 Å². The number of hydrogen-bond acceptors (Lipinski definition) is 1. The first-order valence-electron chi connectivity index (χ1n) is 9.18. The molecule has 0 bridgehead atoms. The quantitative estimate of drug-likeness (QED) is 0.495. The van der Waals surface area contributed by atoms with Gasteiger partial charge in [-0.25, -0.2) is 0 Å². The summed E-state index contributed by atoms with van der Waals surface area (Å²) >= 11 is 0. The fraction of sp³-hybridized carbons (Fsp3) is 0.304. The second-order valence-electron chi connectivity index (χ2n) is 7.04. The SMILES string of the molecule is CCc1cc[n+](CC(=O)c2cc(C)n(-c3ccc(C)c(C)c3)c2C)cc1. The molecule has 2 heterocycles. The van der Waals surface area contributed by atoms with Crippen LogP contribution in [0.5, 0.6) is 0 Å². The van der Waals surface area contributed by atoms with E-state index in [0.29, 0.717) is 6.54 Å². The number of aryl methyl sites for hydroxylation is 4. The van der Waals surface area contributed by atoms with E-state index in [2.05, 4.69) is 62.6 Å². The Morgan fingerprint density at radius 2 is 1.65 bits per heavy atom. The third kappa shape index (κ3) is 3.48. The molecule has 0 N–H and O–H groups in total. The third-order valence-corrected chi connectivity index (χ3v) is 5.17. The topological polar surface area (TPSA) is 25.9 Å². The molecule has 3 heteroatoms. The van der Waals surface area contributed by atoms with Gasteiger partial charge in [-0.3, -0.25) is 4.79 Å². The van der Waals surface area contributed by atoms with E-state index in [9.17, 15) is 4.79 Å². The minimum atomic E-state index is 0.141. The van der Waals surface area contributed by atoms with E-state index in [1.807, 2.05) is 30.0 Å². The van der Waals surface area contributed by atoms with E-state index < -0.39 is 0 Å². The molecule has 134 valence electrons. The highest BCUT2D eigenvalue weighted by atomic mass is 16.1. The molecule has 0 atom stereocenters. The molecule has 3 rings (SSSR count). The van der Waals surface area contributed by atoms with Crippen molar-refractivity contribution in [2.45, 2.75) is 47.6 Å². The molecular weight excluding hydrogens is 320 g/mol. The Hall–Kier alpha value is -2.68. The molecule has 0 fully saturated rings. The maximum Gasteiger partial charge on any atom is 0.229 e.